The van der Waals surface area contributed by atoms with Crippen LogP contribution in [0.3, 0.4) is 0 Å². The molecular formula is C14H18BrNO3. The molecule has 1 saturated heterocycles. The summed E-state index contributed by atoms with van der Waals surface area (Å²) >= 11 is 3.46. The summed E-state index contributed by atoms with van der Waals surface area (Å²) in [5.41, 5.74) is 1.23. The van der Waals surface area contributed by atoms with Crippen LogP contribution in [0.5, 0.6) is 0 Å². The molecule has 5 heteroatoms. The van der Waals surface area contributed by atoms with Gasteiger partial charge in [-0.3, -0.25) is 4.90 Å². The summed E-state index contributed by atoms with van der Waals surface area (Å²) in [5, 5.41) is 8.89. The maximum atomic E-state index is 10.8. The lowest BCUT2D eigenvalue weighted by Gasteiger charge is -2.21. The van der Waals surface area contributed by atoms with Crippen molar-refractivity contribution >= 4 is 21.9 Å². The number of nitrogens with zero attached hydrogens (tertiary/aromatic N) is 1. The first-order valence-corrected chi connectivity index (χ1v) is 7.15. The molecular weight excluding hydrogens is 310 g/mol. The van der Waals surface area contributed by atoms with Crippen molar-refractivity contribution in [2.75, 3.05) is 13.6 Å². The van der Waals surface area contributed by atoms with E-state index >= 15 is 0 Å². The van der Waals surface area contributed by atoms with Gasteiger partial charge >= 0.3 is 5.97 Å². The standard InChI is InChI=1S/C14H18BrNO3/c1-16(8-10-3-2-4-11(15)7-10)9-12-5-6-13(19-12)14(17)18/h2-4,7,12-13H,5-6,8-9H2,1H3,(H,17,18). The van der Waals surface area contributed by atoms with E-state index in [1.165, 1.54) is 5.56 Å². The summed E-state index contributed by atoms with van der Waals surface area (Å²) in [7, 11) is 2.03. The van der Waals surface area contributed by atoms with Gasteiger partial charge < -0.3 is 9.84 Å². The van der Waals surface area contributed by atoms with Crippen LogP contribution in [0.15, 0.2) is 28.7 Å². The first kappa shape index (κ1) is 14.5. The Bertz CT molecular complexity index is 452. The predicted octanol–water partition coefficient (Wildman–Crippen LogP) is 2.51. The lowest BCUT2D eigenvalue weighted by molar-refractivity contribution is -0.149. The van der Waals surface area contributed by atoms with Crippen molar-refractivity contribution in [2.45, 2.75) is 31.6 Å². The molecule has 1 aliphatic heterocycles. The van der Waals surface area contributed by atoms with E-state index < -0.39 is 12.1 Å². The third-order valence-corrected chi connectivity index (χ3v) is 3.73. The molecule has 1 fully saturated rings. The van der Waals surface area contributed by atoms with Crippen LogP contribution in [0.25, 0.3) is 0 Å². The minimum Gasteiger partial charge on any atom is -0.479 e. The molecule has 0 bridgehead atoms. The molecule has 1 heterocycles. The lowest BCUT2D eigenvalue weighted by atomic mass is 10.1. The van der Waals surface area contributed by atoms with Crippen LogP contribution in [0.1, 0.15) is 18.4 Å². The molecule has 2 atom stereocenters. The summed E-state index contributed by atoms with van der Waals surface area (Å²) in [6.07, 6.45) is 0.840. The fourth-order valence-corrected chi connectivity index (χ4v) is 2.83. The number of hydrogen-bond acceptors (Lipinski definition) is 3. The summed E-state index contributed by atoms with van der Waals surface area (Å²) in [4.78, 5) is 13.0. The topological polar surface area (TPSA) is 49.8 Å². The van der Waals surface area contributed by atoms with E-state index in [0.717, 1.165) is 24.0 Å². The van der Waals surface area contributed by atoms with Crippen LogP contribution in [-0.4, -0.2) is 41.8 Å². The minimum absolute atomic E-state index is 0.0262. The third kappa shape index (κ3) is 4.30. The van der Waals surface area contributed by atoms with Crippen LogP contribution in [-0.2, 0) is 16.1 Å². The van der Waals surface area contributed by atoms with Gasteiger partial charge in [-0.25, -0.2) is 4.79 Å². The van der Waals surface area contributed by atoms with Crippen LogP contribution < -0.4 is 0 Å². The Hall–Kier alpha value is -0.910. The fourth-order valence-electron chi connectivity index (χ4n) is 2.38. The Morgan fingerprint density at radius 1 is 1.53 bits per heavy atom. The molecule has 0 spiro atoms. The van der Waals surface area contributed by atoms with Gasteiger partial charge in [-0.2, -0.15) is 0 Å². The average molecular weight is 328 g/mol. The minimum atomic E-state index is -0.850. The first-order valence-electron chi connectivity index (χ1n) is 6.36. The number of benzene rings is 1. The van der Waals surface area contributed by atoms with Crippen LogP contribution in [0.2, 0.25) is 0 Å². The van der Waals surface area contributed by atoms with Gasteiger partial charge in [-0.05, 0) is 37.6 Å². The number of halogens is 1. The second kappa shape index (κ2) is 6.50. The van der Waals surface area contributed by atoms with E-state index in [9.17, 15) is 4.79 Å². The fraction of sp³-hybridized carbons (Fsp3) is 0.500. The number of rotatable bonds is 5. The van der Waals surface area contributed by atoms with Crippen molar-refractivity contribution in [3.05, 3.63) is 34.3 Å². The van der Waals surface area contributed by atoms with Crippen molar-refractivity contribution in [1.29, 1.82) is 0 Å². The number of ether oxygens (including phenoxy) is 1. The van der Waals surface area contributed by atoms with Gasteiger partial charge in [-0.15, -0.1) is 0 Å². The van der Waals surface area contributed by atoms with Crippen LogP contribution >= 0.6 is 15.9 Å². The molecule has 0 aromatic heterocycles. The van der Waals surface area contributed by atoms with E-state index in [0.29, 0.717) is 6.42 Å². The van der Waals surface area contributed by atoms with Crippen molar-refractivity contribution in [3.63, 3.8) is 0 Å². The van der Waals surface area contributed by atoms with Crippen molar-refractivity contribution in [1.82, 2.24) is 4.90 Å². The molecule has 1 aliphatic rings. The summed E-state index contributed by atoms with van der Waals surface area (Å²) in [6, 6.07) is 8.18. The molecule has 19 heavy (non-hydrogen) atoms. The maximum Gasteiger partial charge on any atom is 0.332 e. The second-order valence-electron chi connectivity index (χ2n) is 4.99. The summed E-state index contributed by atoms with van der Waals surface area (Å²) in [5.74, 6) is -0.850. The number of carbonyl (C=O) groups is 1. The number of aliphatic carboxylic acids is 1. The van der Waals surface area contributed by atoms with Gasteiger partial charge in [0.05, 0.1) is 6.10 Å². The Morgan fingerprint density at radius 2 is 2.32 bits per heavy atom. The van der Waals surface area contributed by atoms with E-state index in [-0.39, 0.29) is 6.10 Å². The normalized spacial score (nSPS) is 22.9. The van der Waals surface area contributed by atoms with E-state index in [2.05, 4.69) is 33.0 Å². The van der Waals surface area contributed by atoms with Gasteiger partial charge in [0.1, 0.15) is 0 Å². The molecule has 104 valence electrons. The van der Waals surface area contributed by atoms with E-state index in [1.807, 2.05) is 19.2 Å². The predicted molar refractivity (Wildman–Crippen MR) is 76.0 cm³/mol. The monoisotopic (exact) mass is 327 g/mol. The number of hydrogen-bond donors (Lipinski definition) is 1. The molecule has 1 aromatic carbocycles. The van der Waals surface area contributed by atoms with Gasteiger partial charge in [0.15, 0.2) is 6.10 Å². The zero-order chi connectivity index (χ0) is 13.8. The summed E-state index contributed by atoms with van der Waals surface area (Å²) < 4.78 is 6.58. The lowest BCUT2D eigenvalue weighted by Crippen LogP contribution is -2.30. The Balaban J connectivity index is 1.82. The van der Waals surface area contributed by atoms with Gasteiger partial charge in [0.2, 0.25) is 0 Å². The quantitative estimate of drug-likeness (QED) is 0.902. The zero-order valence-electron chi connectivity index (χ0n) is 10.9. The first-order chi connectivity index (χ1) is 9.04. The Morgan fingerprint density at radius 3 is 2.95 bits per heavy atom. The van der Waals surface area contributed by atoms with Crippen molar-refractivity contribution < 1.29 is 14.6 Å². The highest BCUT2D eigenvalue weighted by molar-refractivity contribution is 9.10. The zero-order valence-corrected chi connectivity index (χ0v) is 12.5. The highest BCUT2D eigenvalue weighted by Crippen LogP contribution is 2.21. The Labute approximate surface area is 121 Å². The summed E-state index contributed by atoms with van der Waals surface area (Å²) in [6.45, 7) is 1.59. The molecule has 0 amide bonds. The van der Waals surface area contributed by atoms with Crippen LogP contribution in [0.4, 0.5) is 0 Å². The smallest absolute Gasteiger partial charge is 0.332 e. The SMILES string of the molecule is CN(Cc1cccc(Br)c1)CC1CCC(C(=O)O)O1. The number of carboxylic acid groups (broad SMARTS) is 1. The number of carboxylic acids is 1. The molecule has 1 aromatic rings. The van der Waals surface area contributed by atoms with E-state index in [1.54, 1.807) is 0 Å². The van der Waals surface area contributed by atoms with Gasteiger partial charge in [0.25, 0.3) is 0 Å². The third-order valence-electron chi connectivity index (χ3n) is 3.24. The Kier molecular flexibility index (Phi) is 4.96. The maximum absolute atomic E-state index is 10.8. The van der Waals surface area contributed by atoms with Gasteiger partial charge in [-0.1, -0.05) is 28.1 Å². The average Bonchev–Trinajstić information content (AvgIpc) is 2.77. The van der Waals surface area contributed by atoms with Crippen molar-refractivity contribution in [3.8, 4) is 0 Å². The molecule has 0 saturated carbocycles. The second-order valence-corrected chi connectivity index (χ2v) is 5.90. The molecule has 0 aliphatic carbocycles. The van der Waals surface area contributed by atoms with Crippen molar-refractivity contribution in [2.24, 2.45) is 0 Å². The molecule has 4 nitrogen and oxygen atoms in total. The van der Waals surface area contributed by atoms with Gasteiger partial charge in [0, 0.05) is 17.6 Å². The molecule has 1 N–H and O–H groups in total. The highest BCUT2D eigenvalue weighted by atomic mass is 79.9. The van der Waals surface area contributed by atoms with Crippen LogP contribution in [0, 0.1) is 0 Å². The molecule has 2 unspecified atom stereocenters. The number of likely N-dealkylation sites (N-methyl/N-ethyl adjacent to an activating group) is 1. The highest BCUT2D eigenvalue weighted by Gasteiger charge is 2.30. The molecule has 2 rings (SSSR count). The van der Waals surface area contributed by atoms with E-state index in [4.69, 9.17) is 9.84 Å². The largest absolute Gasteiger partial charge is 0.479 e. The molecule has 0 radical (unpaired) electrons.